The van der Waals surface area contributed by atoms with Crippen molar-refractivity contribution in [3.63, 3.8) is 0 Å². The summed E-state index contributed by atoms with van der Waals surface area (Å²) in [6, 6.07) is 16.7. The lowest BCUT2D eigenvalue weighted by molar-refractivity contribution is 0.102. The number of anilines is 2. The lowest BCUT2D eigenvalue weighted by atomic mass is 10.1. The van der Waals surface area contributed by atoms with E-state index in [0.29, 0.717) is 11.4 Å². The number of carbonyl (C=O) groups excluding carboxylic acids is 1. The fourth-order valence-corrected chi connectivity index (χ4v) is 3.85. The Bertz CT molecular complexity index is 1110. The highest BCUT2D eigenvalue weighted by atomic mass is 32.2. The van der Waals surface area contributed by atoms with Gasteiger partial charge in [0.2, 0.25) is 0 Å². The van der Waals surface area contributed by atoms with E-state index in [4.69, 9.17) is 0 Å². The Hall–Kier alpha value is -3.19. The Labute approximate surface area is 163 Å². The third-order valence-corrected chi connectivity index (χ3v) is 5.41. The van der Waals surface area contributed by atoms with Crippen molar-refractivity contribution in [2.24, 2.45) is 0 Å². The molecular formula is C21H19FN2O3S. The molecule has 1 amide bonds. The van der Waals surface area contributed by atoms with Crippen molar-refractivity contribution < 1.29 is 17.6 Å². The minimum absolute atomic E-state index is 0.0514. The first-order chi connectivity index (χ1) is 13.2. The number of aryl methyl sites for hydroxylation is 2. The number of halogens is 1. The fraction of sp³-hybridized carbons (Fsp3) is 0.0952. The third kappa shape index (κ3) is 4.55. The first kappa shape index (κ1) is 19.6. The molecule has 3 rings (SSSR count). The third-order valence-electron chi connectivity index (χ3n) is 4.01. The molecule has 0 atom stereocenters. The van der Waals surface area contributed by atoms with E-state index >= 15 is 0 Å². The molecule has 0 unspecified atom stereocenters. The van der Waals surface area contributed by atoms with E-state index in [0.717, 1.165) is 11.1 Å². The van der Waals surface area contributed by atoms with E-state index in [1.807, 2.05) is 19.9 Å². The summed E-state index contributed by atoms with van der Waals surface area (Å²) in [5, 5.41) is 2.55. The fourth-order valence-electron chi connectivity index (χ4n) is 2.81. The lowest BCUT2D eigenvalue weighted by Crippen LogP contribution is -2.15. The Morgan fingerprint density at radius 3 is 2.07 bits per heavy atom. The molecule has 0 saturated carbocycles. The van der Waals surface area contributed by atoms with Crippen molar-refractivity contribution in [1.29, 1.82) is 0 Å². The van der Waals surface area contributed by atoms with Crippen LogP contribution in [0.4, 0.5) is 15.8 Å². The Balaban J connectivity index is 1.76. The Morgan fingerprint density at radius 2 is 1.46 bits per heavy atom. The topological polar surface area (TPSA) is 75.3 Å². The predicted octanol–water partition coefficient (Wildman–Crippen LogP) is 4.50. The van der Waals surface area contributed by atoms with E-state index in [9.17, 15) is 17.6 Å². The number of nitrogens with one attached hydrogen (secondary N) is 2. The van der Waals surface area contributed by atoms with Gasteiger partial charge in [-0.05, 0) is 73.5 Å². The van der Waals surface area contributed by atoms with Crippen LogP contribution in [0, 0.1) is 19.7 Å². The van der Waals surface area contributed by atoms with Crippen LogP contribution in [0.15, 0.2) is 71.6 Å². The van der Waals surface area contributed by atoms with Gasteiger partial charge in [-0.15, -0.1) is 0 Å². The maximum Gasteiger partial charge on any atom is 0.261 e. The molecule has 2 N–H and O–H groups in total. The van der Waals surface area contributed by atoms with Crippen molar-refractivity contribution in [1.82, 2.24) is 0 Å². The second kappa shape index (κ2) is 7.82. The van der Waals surface area contributed by atoms with Crippen LogP contribution in [0.25, 0.3) is 0 Å². The Kier molecular flexibility index (Phi) is 5.46. The van der Waals surface area contributed by atoms with Crippen LogP contribution in [0.3, 0.4) is 0 Å². The number of hydrogen-bond donors (Lipinski definition) is 2. The number of sulfonamides is 1. The van der Waals surface area contributed by atoms with Gasteiger partial charge in [-0.3, -0.25) is 9.52 Å². The molecule has 0 radical (unpaired) electrons. The molecule has 0 bridgehead atoms. The summed E-state index contributed by atoms with van der Waals surface area (Å²) < 4.78 is 41.4. The largest absolute Gasteiger partial charge is 0.322 e. The Morgan fingerprint density at radius 1 is 0.857 bits per heavy atom. The molecule has 3 aromatic carbocycles. The summed E-state index contributed by atoms with van der Waals surface area (Å²) in [4.78, 5) is 12.2. The van der Waals surface area contributed by atoms with Gasteiger partial charge in [-0.1, -0.05) is 18.2 Å². The van der Waals surface area contributed by atoms with Crippen LogP contribution in [-0.2, 0) is 10.0 Å². The molecule has 0 spiro atoms. The molecule has 5 nitrogen and oxygen atoms in total. The SMILES string of the molecule is Cc1cc(C)cc(NS(=O)(=O)c2ccc(NC(=O)c3ccccc3F)cc2)c1. The van der Waals surface area contributed by atoms with Gasteiger partial charge in [0.05, 0.1) is 10.5 Å². The molecule has 0 fully saturated rings. The second-order valence-corrected chi connectivity index (χ2v) is 8.12. The smallest absolute Gasteiger partial charge is 0.261 e. The summed E-state index contributed by atoms with van der Waals surface area (Å²) in [5.41, 5.74) is 2.65. The van der Waals surface area contributed by atoms with Gasteiger partial charge in [-0.25, -0.2) is 12.8 Å². The van der Waals surface area contributed by atoms with Crippen LogP contribution in [0.5, 0.6) is 0 Å². The first-order valence-electron chi connectivity index (χ1n) is 8.52. The predicted molar refractivity (Wildman–Crippen MR) is 108 cm³/mol. The lowest BCUT2D eigenvalue weighted by Gasteiger charge is -2.11. The molecule has 144 valence electrons. The van der Waals surface area contributed by atoms with E-state index in [1.165, 1.54) is 42.5 Å². The number of carbonyl (C=O) groups is 1. The van der Waals surface area contributed by atoms with Gasteiger partial charge >= 0.3 is 0 Å². The van der Waals surface area contributed by atoms with Gasteiger partial charge < -0.3 is 5.32 Å². The molecule has 7 heteroatoms. The zero-order chi connectivity index (χ0) is 20.3. The van der Waals surface area contributed by atoms with Crippen LogP contribution in [0.2, 0.25) is 0 Å². The molecule has 0 heterocycles. The van der Waals surface area contributed by atoms with Gasteiger partial charge in [-0.2, -0.15) is 0 Å². The van der Waals surface area contributed by atoms with E-state index in [-0.39, 0.29) is 10.5 Å². The number of benzene rings is 3. The summed E-state index contributed by atoms with van der Waals surface area (Å²) in [6.07, 6.45) is 0. The van der Waals surface area contributed by atoms with Crippen LogP contribution in [-0.4, -0.2) is 14.3 Å². The van der Waals surface area contributed by atoms with E-state index < -0.39 is 21.7 Å². The number of rotatable bonds is 5. The zero-order valence-electron chi connectivity index (χ0n) is 15.4. The number of amides is 1. The minimum atomic E-state index is -3.77. The molecular weight excluding hydrogens is 379 g/mol. The zero-order valence-corrected chi connectivity index (χ0v) is 16.2. The molecule has 0 aliphatic heterocycles. The summed E-state index contributed by atoms with van der Waals surface area (Å²) >= 11 is 0. The highest BCUT2D eigenvalue weighted by molar-refractivity contribution is 7.92. The maximum atomic E-state index is 13.7. The molecule has 3 aromatic rings. The minimum Gasteiger partial charge on any atom is -0.322 e. The first-order valence-corrected chi connectivity index (χ1v) is 10.00. The van der Waals surface area contributed by atoms with Crippen molar-refractivity contribution in [3.05, 3.63) is 89.2 Å². The van der Waals surface area contributed by atoms with E-state index in [2.05, 4.69) is 10.0 Å². The summed E-state index contributed by atoms with van der Waals surface area (Å²) in [7, 11) is -3.77. The highest BCUT2D eigenvalue weighted by Gasteiger charge is 2.16. The monoisotopic (exact) mass is 398 g/mol. The second-order valence-electron chi connectivity index (χ2n) is 6.44. The molecule has 0 aromatic heterocycles. The summed E-state index contributed by atoms with van der Waals surface area (Å²) in [6.45, 7) is 3.77. The van der Waals surface area contributed by atoms with Gasteiger partial charge in [0.25, 0.3) is 15.9 Å². The average Bonchev–Trinajstić information content (AvgIpc) is 2.61. The maximum absolute atomic E-state index is 13.7. The van der Waals surface area contributed by atoms with E-state index in [1.54, 1.807) is 18.2 Å². The van der Waals surface area contributed by atoms with Crippen LogP contribution >= 0.6 is 0 Å². The molecule has 28 heavy (non-hydrogen) atoms. The molecule has 0 aliphatic carbocycles. The highest BCUT2D eigenvalue weighted by Crippen LogP contribution is 2.21. The van der Waals surface area contributed by atoms with Gasteiger partial charge in [0.1, 0.15) is 5.82 Å². The normalized spacial score (nSPS) is 11.1. The van der Waals surface area contributed by atoms with Gasteiger partial charge in [0, 0.05) is 11.4 Å². The van der Waals surface area contributed by atoms with Crippen molar-refractivity contribution >= 4 is 27.3 Å². The molecule has 0 saturated heterocycles. The van der Waals surface area contributed by atoms with Crippen molar-refractivity contribution in [2.45, 2.75) is 18.7 Å². The van der Waals surface area contributed by atoms with Crippen LogP contribution in [0.1, 0.15) is 21.5 Å². The quantitative estimate of drug-likeness (QED) is 0.665. The van der Waals surface area contributed by atoms with Crippen LogP contribution < -0.4 is 10.0 Å². The summed E-state index contributed by atoms with van der Waals surface area (Å²) in [5.74, 6) is -1.24. The standard InChI is InChI=1S/C21H19FN2O3S/c1-14-11-15(2)13-17(12-14)24-28(26,27)18-9-7-16(8-10-18)23-21(25)19-5-3-4-6-20(19)22/h3-13,24H,1-2H3,(H,23,25). The number of hydrogen-bond acceptors (Lipinski definition) is 3. The van der Waals surface area contributed by atoms with Gasteiger partial charge in [0.15, 0.2) is 0 Å². The van der Waals surface area contributed by atoms with Crippen molar-refractivity contribution in [3.8, 4) is 0 Å². The van der Waals surface area contributed by atoms with Crippen molar-refractivity contribution in [2.75, 3.05) is 10.0 Å². The molecule has 0 aliphatic rings. The average molecular weight is 398 g/mol.